The molecule has 0 saturated heterocycles. The minimum Gasteiger partial charge on any atom is -0.492 e. The average Bonchev–Trinajstić information content (AvgIpc) is 2.76. The van der Waals surface area contributed by atoms with E-state index in [1.807, 2.05) is 0 Å². The maximum absolute atomic E-state index is 11.7. The van der Waals surface area contributed by atoms with Crippen molar-refractivity contribution in [3.05, 3.63) is 17.2 Å². The van der Waals surface area contributed by atoms with E-state index in [-0.39, 0.29) is 19.0 Å². The van der Waals surface area contributed by atoms with Crippen LogP contribution in [-0.4, -0.2) is 32.6 Å². The van der Waals surface area contributed by atoms with E-state index in [0.29, 0.717) is 28.4 Å². The molecule has 6 heteroatoms. The molecular weight excluding hydrogens is 252 g/mol. The first-order valence-electron chi connectivity index (χ1n) is 5.65. The van der Waals surface area contributed by atoms with E-state index in [4.69, 9.17) is 18.9 Å². The molecule has 1 aromatic rings. The van der Waals surface area contributed by atoms with Crippen LogP contribution in [0.4, 0.5) is 0 Å². The summed E-state index contributed by atoms with van der Waals surface area (Å²) in [5, 5.41) is 0. The van der Waals surface area contributed by atoms with Crippen molar-refractivity contribution in [2.45, 2.75) is 13.5 Å². The number of carbonyl (C=O) groups excluding carboxylic acids is 2. The molecule has 0 saturated carbocycles. The molecule has 19 heavy (non-hydrogen) atoms. The van der Waals surface area contributed by atoms with Gasteiger partial charge in [0, 0.05) is 12.5 Å². The lowest BCUT2D eigenvalue weighted by Gasteiger charge is -2.15. The van der Waals surface area contributed by atoms with Gasteiger partial charge in [0.05, 0.1) is 19.8 Å². The van der Waals surface area contributed by atoms with Crippen molar-refractivity contribution in [1.82, 2.24) is 0 Å². The number of fused-ring (bicyclic) bond motifs is 1. The number of benzene rings is 1. The van der Waals surface area contributed by atoms with Crippen LogP contribution in [-0.2, 0) is 16.1 Å². The minimum atomic E-state index is -0.413. The van der Waals surface area contributed by atoms with E-state index in [1.54, 1.807) is 6.07 Å². The van der Waals surface area contributed by atoms with E-state index in [2.05, 4.69) is 0 Å². The van der Waals surface area contributed by atoms with Crippen LogP contribution in [0.15, 0.2) is 6.07 Å². The molecule has 0 bridgehead atoms. The molecule has 0 N–H and O–H groups in total. The number of rotatable bonds is 4. The van der Waals surface area contributed by atoms with E-state index in [9.17, 15) is 9.59 Å². The summed E-state index contributed by atoms with van der Waals surface area (Å²) in [6.45, 7) is 1.30. The number of ether oxygens (including phenoxy) is 4. The average molecular weight is 266 g/mol. The summed E-state index contributed by atoms with van der Waals surface area (Å²) in [7, 11) is 2.93. The van der Waals surface area contributed by atoms with Crippen LogP contribution < -0.4 is 14.2 Å². The van der Waals surface area contributed by atoms with Crippen molar-refractivity contribution in [1.29, 1.82) is 0 Å². The Morgan fingerprint density at radius 1 is 1.32 bits per heavy atom. The van der Waals surface area contributed by atoms with Gasteiger partial charge in [-0.15, -0.1) is 0 Å². The number of esters is 1. The quantitative estimate of drug-likeness (QED) is 0.766. The standard InChI is InChI=1S/C13H14O6/c1-7(14)18-5-8-4-9-10(15)6-19-12(9)13(17-3)11(8)16-2/h4H,5-6H2,1-3H3. The maximum atomic E-state index is 11.7. The van der Waals surface area contributed by atoms with Gasteiger partial charge in [-0.25, -0.2) is 0 Å². The Bertz CT molecular complexity index is 534. The summed E-state index contributed by atoms with van der Waals surface area (Å²) in [5.74, 6) is 0.560. The number of ketones is 1. The van der Waals surface area contributed by atoms with E-state index in [0.717, 1.165) is 0 Å². The van der Waals surface area contributed by atoms with Crippen LogP contribution in [0.5, 0.6) is 17.2 Å². The van der Waals surface area contributed by atoms with Gasteiger partial charge in [0.2, 0.25) is 11.5 Å². The third kappa shape index (κ3) is 2.33. The highest BCUT2D eigenvalue weighted by molar-refractivity contribution is 6.03. The fraction of sp³-hybridized carbons (Fsp3) is 0.385. The smallest absolute Gasteiger partial charge is 0.302 e. The van der Waals surface area contributed by atoms with Crippen molar-refractivity contribution in [2.24, 2.45) is 0 Å². The molecule has 1 aliphatic heterocycles. The Balaban J connectivity index is 2.50. The van der Waals surface area contributed by atoms with E-state index in [1.165, 1.54) is 21.1 Å². The third-order valence-corrected chi connectivity index (χ3v) is 2.75. The number of hydrogen-bond acceptors (Lipinski definition) is 6. The molecule has 0 aromatic heterocycles. The van der Waals surface area contributed by atoms with Crippen molar-refractivity contribution in [3.63, 3.8) is 0 Å². The molecule has 102 valence electrons. The lowest BCUT2D eigenvalue weighted by molar-refractivity contribution is -0.142. The number of Topliss-reactive ketones (excluding diaryl/α,β-unsaturated/α-hetero) is 1. The highest BCUT2D eigenvalue weighted by atomic mass is 16.5. The minimum absolute atomic E-state index is 0.00935. The van der Waals surface area contributed by atoms with Gasteiger partial charge in [-0.1, -0.05) is 0 Å². The summed E-state index contributed by atoms with van der Waals surface area (Å²) < 4.78 is 20.7. The van der Waals surface area contributed by atoms with Crippen LogP contribution in [0, 0.1) is 0 Å². The zero-order valence-electron chi connectivity index (χ0n) is 10.9. The predicted molar refractivity (Wildman–Crippen MR) is 64.8 cm³/mol. The van der Waals surface area contributed by atoms with Crippen LogP contribution in [0.2, 0.25) is 0 Å². The number of hydrogen-bond donors (Lipinski definition) is 0. The molecule has 2 rings (SSSR count). The first-order chi connectivity index (χ1) is 9.08. The van der Waals surface area contributed by atoms with Gasteiger partial charge in [-0.3, -0.25) is 9.59 Å². The second-order valence-corrected chi connectivity index (χ2v) is 3.97. The molecule has 0 fully saturated rings. The van der Waals surface area contributed by atoms with Crippen molar-refractivity contribution >= 4 is 11.8 Å². The number of carbonyl (C=O) groups is 2. The summed E-state index contributed by atoms with van der Waals surface area (Å²) >= 11 is 0. The Hall–Kier alpha value is -2.24. The molecule has 0 radical (unpaired) electrons. The van der Waals surface area contributed by atoms with Crippen molar-refractivity contribution < 1.29 is 28.5 Å². The largest absolute Gasteiger partial charge is 0.492 e. The van der Waals surface area contributed by atoms with Crippen LogP contribution in [0.25, 0.3) is 0 Å². The zero-order valence-corrected chi connectivity index (χ0v) is 10.9. The lowest BCUT2D eigenvalue weighted by Crippen LogP contribution is -2.04. The molecule has 0 spiro atoms. The van der Waals surface area contributed by atoms with Gasteiger partial charge in [-0.05, 0) is 6.07 Å². The van der Waals surface area contributed by atoms with Gasteiger partial charge in [0.25, 0.3) is 0 Å². The first kappa shape index (κ1) is 13.2. The van der Waals surface area contributed by atoms with Gasteiger partial charge in [-0.2, -0.15) is 0 Å². The van der Waals surface area contributed by atoms with E-state index >= 15 is 0 Å². The van der Waals surface area contributed by atoms with Crippen LogP contribution in [0.1, 0.15) is 22.8 Å². The normalized spacial score (nSPS) is 12.7. The zero-order chi connectivity index (χ0) is 14.0. The molecule has 0 amide bonds. The molecule has 0 aliphatic carbocycles. The van der Waals surface area contributed by atoms with Crippen molar-refractivity contribution in [3.8, 4) is 17.2 Å². The second-order valence-electron chi connectivity index (χ2n) is 3.97. The highest BCUT2D eigenvalue weighted by Gasteiger charge is 2.30. The fourth-order valence-electron chi connectivity index (χ4n) is 1.94. The SMILES string of the molecule is COc1c(COC(C)=O)cc2c(c1OC)OCC2=O. The van der Waals surface area contributed by atoms with Crippen molar-refractivity contribution in [2.75, 3.05) is 20.8 Å². The lowest BCUT2D eigenvalue weighted by atomic mass is 10.1. The molecule has 1 aromatic carbocycles. The van der Waals surface area contributed by atoms with Gasteiger partial charge in [0.1, 0.15) is 6.61 Å². The Kier molecular flexibility index (Phi) is 3.59. The highest BCUT2D eigenvalue weighted by Crippen LogP contribution is 2.45. The Labute approximate surface area is 110 Å². The summed E-state index contributed by atoms with van der Waals surface area (Å²) in [6.07, 6.45) is 0. The number of methoxy groups -OCH3 is 2. The van der Waals surface area contributed by atoms with Gasteiger partial charge in [0.15, 0.2) is 18.1 Å². The fourth-order valence-corrected chi connectivity index (χ4v) is 1.94. The monoisotopic (exact) mass is 266 g/mol. The van der Waals surface area contributed by atoms with E-state index < -0.39 is 5.97 Å². The van der Waals surface area contributed by atoms with Crippen LogP contribution >= 0.6 is 0 Å². The third-order valence-electron chi connectivity index (χ3n) is 2.75. The maximum Gasteiger partial charge on any atom is 0.302 e. The molecule has 1 heterocycles. The predicted octanol–water partition coefficient (Wildman–Crippen LogP) is 1.34. The molecule has 0 unspecified atom stereocenters. The molecule has 6 nitrogen and oxygen atoms in total. The molecular formula is C13H14O6. The summed E-state index contributed by atoms with van der Waals surface area (Å²) in [6, 6.07) is 1.61. The first-order valence-corrected chi connectivity index (χ1v) is 5.65. The Morgan fingerprint density at radius 3 is 2.58 bits per heavy atom. The topological polar surface area (TPSA) is 71.1 Å². The second kappa shape index (κ2) is 5.17. The molecule has 1 aliphatic rings. The van der Waals surface area contributed by atoms with Gasteiger partial charge < -0.3 is 18.9 Å². The van der Waals surface area contributed by atoms with Gasteiger partial charge >= 0.3 is 5.97 Å². The molecule has 0 atom stereocenters. The summed E-state index contributed by atoms with van der Waals surface area (Å²) in [5.41, 5.74) is 0.979. The Morgan fingerprint density at radius 2 is 2.00 bits per heavy atom. The van der Waals surface area contributed by atoms with Crippen LogP contribution in [0.3, 0.4) is 0 Å². The summed E-state index contributed by atoms with van der Waals surface area (Å²) in [4.78, 5) is 22.6.